The second-order valence-corrected chi connectivity index (χ2v) is 5.51. The number of aromatic nitrogens is 1. The van der Waals surface area contributed by atoms with Crippen LogP contribution in [0, 0.1) is 0 Å². The minimum atomic E-state index is 0.233. The molecular formula is C18H20N2O. The molecule has 0 bridgehead atoms. The van der Waals surface area contributed by atoms with Crippen molar-refractivity contribution in [1.29, 1.82) is 0 Å². The van der Waals surface area contributed by atoms with Gasteiger partial charge in [0.2, 0.25) is 5.91 Å². The van der Waals surface area contributed by atoms with Crippen LogP contribution in [0.1, 0.15) is 36.4 Å². The molecule has 2 heterocycles. The van der Waals surface area contributed by atoms with Crippen LogP contribution >= 0.6 is 0 Å². The molecule has 21 heavy (non-hydrogen) atoms. The number of aryl methyl sites for hydroxylation is 1. The topological polar surface area (TPSA) is 33.2 Å². The fourth-order valence-corrected chi connectivity index (χ4v) is 3.04. The van der Waals surface area contributed by atoms with Crippen LogP contribution in [-0.4, -0.2) is 22.3 Å². The van der Waals surface area contributed by atoms with E-state index in [0.29, 0.717) is 6.42 Å². The van der Waals surface area contributed by atoms with Crippen LogP contribution in [0.4, 0.5) is 0 Å². The van der Waals surface area contributed by atoms with Crippen molar-refractivity contribution >= 4 is 5.91 Å². The van der Waals surface area contributed by atoms with Crippen LogP contribution in [0.3, 0.4) is 0 Å². The molecule has 3 nitrogen and oxygen atoms in total. The fourth-order valence-electron chi connectivity index (χ4n) is 3.04. The SMILES string of the molecule is O=C(CCc1ccccc1)N1CCCC1c1ccncc1. The van der Waals surface area contributed by atoms with Crippen molar-refractivity contribution in [3.63, 3.8) is 0 Å². The number of rotatable bonds is 4. The van der Waals surface area contributed by atoms with Crippen LogP contribution in [0.5, 0.6) is 0 Å². The van der Waals surface area contributed by atoms with E-state index in [0.717, 1.165) is 25.8 Å². The van der Waals surface area contributed by atoms with Gasteiger partial charge >= 0.3 is 0 Å². The van der Waals surface area contributed by atoms with Gasteiger partial charge in [-0.1, -0.05) is 30.3 Å². The number of benzene rings is 1. The molecule has 0 spiro atoms. The summed E-state index contributed by atoms with van der Waals surface area (Å²) in [7, 11) is 0. The average Bonchev–Trinajstić information content (AvgIpc) is 3.04. The lowest BCUT2D eigenvalue weighted by atomic mass is 10.1. The first kappa shape index (κ1) is 13.8. The first-order chi connectivity index (χ1) is 10.3. The summed E-state index contributed by atoms with van der Waals surface area (Å²) in [4.78, 5) is 18.6. The smallest absolute Gasteiger partial charge is 0.223 e. The number of amides is 1. The Labute approximate surface area is 125 Å². The molecule has 1 unspecified atom stereocenters. The highest BCUT2D eigenvalue weighted by Gasteiger charge is 2.29. The molecule has 2 aromatic rings. The van der Waals surface area contributed by atoms with Crippen molar-refractivity contribution in [3.05, 3.63) is 66.0 Å². The number of carbonyl (C=O) groups excluding carboxylic acids is 1. The molecule has 1 aromatic heterocycles. The van der Waals surface area contributed by atoms with Crippen molar-refractivity contribution in [3.8, 4) is 0 Å². The summed E-state index contributed by atoms with van der Waals surface area (Å²) < 4.78 is 0. The minimum absolute atomic E-state index is 0.233. The Morgan fingerprint density at radius 3 is 2.67 bits per heavy atom. The molecule has 1 aliphatic heterocycles. The van der Waals surface area contributed by atoms with Gasteiger partial charge < -0.3 is 4.90 Å². The van der Waals surface area contributed by atoms with Crippen molar-refractivity contribution < 1.29 is 4.79 Å². The average molecular weight is 280 g/mol. The van der Waals surface area contributed by atoms with E-state index in [1.54, 1.807) is 12.4 Å². The van der Waals surface area contributed by atoms with Crippen LogP contribution in [0.25, 0.3) is 0 Å². The van der Waals surface area contributed by atoms with Crippen molar-refractivity contribution in [2.45, 2.75) is 31.7 Å². The zero-order valence-electron chi connectivity index (χ0n) is 12.1. The summed E-state index contributed by atoms with van der Waals surface area (Å²) in [6.45, 7) is 0.876. The van der Waals surface area contributed by atoms with Crippen LogP contribution < -0.4 is 0 Å². The normalized spacial score (nSPS) is 17.9. The summed E-state index contributed by atoms with van der Waals surface area (Å²) in [5.41, 5.74) is 2.43. The van der Waals surface area contributed by atoms with Gasteiger partial charge in [-0.15, -0.1) is 0 Å². The number of carbonyl (C=O) groups is 1. The van der Waals surface area contributed by atoms with Gasteiger partial charge in [0.05, 0.1) is 6.04 Å². The highest BCUT2D eigenvalue weighted by molar-refractivity contribution is 5.77. The summed E-state index contributed by atoms with van der Waals surface area (Å²) in [5.74, 6) is 0.262. The lowest BCUT2D eigenvalue weighted by Crippen LogP contribution is -2.30. The van der Waals surface area contributed by atoms with Gasteiger partial charge in [0, 0.05) is 25.4 Å². The molecule has 1 fully saturated rings. The van der Waals surface area contributed by atoms with Crippen LogP contribution in [-0.2, 0) is 11.2 Å². The molecule has 0 aliphatic carbocycles. The first-order valence-electron chi connectivity index (χ1n) is 7.58. The molecule has 3 heteroatoms. The summed E-state index contributed by atoms with van der Waals surface area (Å²) in [5, 5.41) is 0. The Kier molecular flexibility index (Phi) is 4.29. The highest BCUT2D eigenvalue weighted by atomic mass is 16.2. The molecule has 108 valence electrons. The predicted octanol–water partition coefficient (Wildman–Crippen LogP) is 3.38. The number of hydrogen-bond acceptors (Lipinski definition) is 2. The van der Waals surface area contributed by atoms with E-state index >= 15 is 0 Å². The monoisotopic (exact) mass is 280 g/mol. The standard InChI is InChI=1S/C18H20N2O/c21-18(9-8-15-5-2-1-3-6-15)20-14-4-7-17(20)16-10-12-19-13-11-16/h1-3,5-6,10-13,17H,4,7-9,14H2. The number of nitrogens with zero attached hydrogens (tertiary/aromatic N) is 2. The van der Waals surface area contributed by atoms with E-state index in [2.05, 4.69) is 17.1 Å². The molecule has 1 aliphatic rings. The van der Waals surface area contributed by atoms with E-state index in [9.17, 15) is 4.79 Å². The van der Waals surface area contributed by atoms with Gasteiger partial charge in [-0.3, -0.25) is 9.78 Å². The largest absolute Gasteiger partial charge is 0.336 e. The summed E-state index contributed by atoms with van der Waals surface area (Å²) in [6, 6.07) is 14.5. The van der Waals surface area contributed by atoms with Gasteiger partial charge in [0.1, 0.15) is 0 Å². The van der Waals surface area contributed by atoms with E-state index in [-0.39, 0.29) is 11.9 Å². The number of hydrogen-bond donors (Lipinski definition) is 0. The summed E-state index contributed by atoms with van der Waals surface area (Å²) in [6.07, 6.45) is 7.16. The van der Waals surface area contributed by atoms with E-state index in [1.807, 2.05) is 35.2 Å². The summed E-state index contributed by atoms with van der Waals surface area (Å²) >= 11 is 0. The van der Waals surface area contributed by atoms with Crippen molar-refractivity contribution in [2.24, 2.45) is 0 Å². The van der Waals surface area contributed by atoms with Gasteiger partial charge in [0.25, 0.3) is 0 Å². The molecule has 0 saturated carbocycles. The van der Waals surface area contributed by atoms with Gasteiger partial charge in [0.15, 0.2) is 0 Å². The van der Waals surface area contributed by atoms with E-state index in [4.69, 9.17) is 0 Å². The quantitative estimate of drug-likeness (QED) is 0.860. The maximum atomic E-state index is 12.5. The second kappa shape index (κ2) is 6.53. The molecule has 1 aromatic carbocycles. The Bertz CT molecular complexity index is 583. The third-order valence-electron chi connectivity index (χ3n) is 4.13. The zero-order valence-corrected chi connectivity index (χ0v) is 12.1. The van der Waals surface area contributed by atoms with Crippen molar-refractivity contribution in [1.82, 2.24) is 9.88 Å². The fraction of sp³-hybridized carbons (Fsp3) is 0.333. The molecule has 3 rings (SSSR count). The van der Waals surface area contributed by atoms with Crippen molar-refractivity contribution in [2.75, 3.05) is 6.54 Å². The van der Waals surface area contributed by atoms with Crippen LogP contribution in [0.15, 0.2) is 54.9 Å². The highest BCUT2D eigenvalue weighted by Crippen LogP contribution is 2.32. The third-order valence-corrected chi connectivity index (χ3v) is 4.13. The van der Waals surface area contributed by atoms with Gasteiger partial charge in [-0.25, -0.2) is 0 Å². The van der Waals surface area contributed by atoms with Gasteiger partial charge in [-0.05, 0) is 42.5 Å². The zero-order chi connectivity index (χ0) is 14.5. The Balaban J connectivity index is 1.64. The van der Waals surface area contributed by atoms with E-state index < -0.39 is 0 Å². The lowest BCUT2D eigenvalue weighted by Gasteiger charge is -2.25. The number of likely N-dealkylation sites (tertiary alicyclic amines) is 1. The maximum Gasteiger partial charge on any atom is 0.223 e. The van der Waals surface area contributed by atoms with E-state index in [1.165, 1.54) is 11.1 Å². The molecular weight excluding hydrogens is 260 g/mol. The lowest BCUT2D eigenvalue weighted by molar-refractivity contribution is -0.132. The minimum Gasteiger partial charge on any atom is -0.336 e. The maximum absolute atomic E-state index is 12.5. The van der Waals surface area contributed by atoms with Crippen LogP contribution in [0.2, 0.25) is 0 Å². The predicted molar refractivity (Wildman–Crippen MR) is 82.7 cm³/mol. The third kappa shape index (κ3) is 3.30. The molecule has 1 amide bonds. The number of pyridine rings is 1. The molecule has 1 atom stereocenters. The second-order valence-electron chi connectivity index (χ2n) is 5.51. The van der Waals surface area contributed by atoms with Gasteiger partial charge in [-0.2, -0.15) is 0 Å². The molecule has 1 saturated heterocycles. The Morgan fingerprint density at radius 2 is 1.90 bits per heavy atom. The Hall–Kier alpha value is -2.16. The Morgan fingerprint density at radius 1 is 1.14 bits per heavy atom. The molecule has 0 radical (unpaired) electrons. The first-order valence-corrected chi connectivity index (χ1v) is 7.58. The molecule has 0 N–H and O–H groups in total.